The van der Waals surface area contributed by atoms with Gasteiger partial charge in [0.25, 0.3) is 0 Å². The Labute approximate surface area is 148 Å². The lowest BCUT2D eigenvalue weighted by atomic mass is 9.54. The second-order valence-corrected chi connectivity index (χ2v) is 9.25. The van der Waals surface area contributed by atoms with E-state index in [0.29, 0.717) is 6.04 Å². The van der Waals surface area contributed by atoms with Gasteiger partial charge in [0.05, 0.1) is 5.54 Å². The zero-order chi connectivity index (χ0) is 16.5. The monoisotopic (exact) mass is 344 g/mol. The van der Waals surface area contributed by atoms with Crippen LogP contribution < -0.4 is 5.32 Å². The average molecular weight is 345 g/mol. The minimum absolute atomic E-state index is 0.130. The Hall–Kier alpha value is -1.22. The first-order valence-electron chi connectivity index (χ1n) is 9.37. The smallest absolute Gasteiger partial charge is 0.318 e. The molecule has 1 saturated heterocycles. The second kappa shape index (κ2) is 5.14. The van der Waals surface area contributed by atoms with E-state index in [1.54, 1.807) is 0 Å². The Morgan fingerprint density at radius 1 is 1.04 bits per heavy atom. The lowest BCUT2D eigenvalue weighted by molar-refractivity contribution is -0.0483. The zero-order valence-electron chi connectivity index (χ0n) is 14.2. The summed E-state index contributed by atoms with van der Waals surface area (Å²) in [6.07, 6.45) is 6.84. The Morgan fingerprint density at radius 3 is 2.21 bits per heavy atom. The van der Waals surface area contributed by atoms with E-state index in [1.807, 2.05) is 24.3 Å². The van der Waals surface area contributed by atoms with Gasteiger partial charge in [0.2, 0.25) is 0 Å². The molecule has 5 aliphatic rings. The fraction of sp³-hybridized carbons (Fsp3) is 0.650. The number of carbonyl (C=O) groups excluding carboxylic acids is 1. The molecular formula is C20H25ClN2O. The fourth-order valence-electron chi connectivity index (χ4n) is 6.39. The van der Waals surface area contributed by atoms with Gasteiger partial charge in [-0.2, -0.15) is 0 Å². The van der Waals surface area contributed by atoms with Gasteiger partial charge in [-0.3, -0.25) is 0 Å². The molecule has 1 N–H and O–H groups in total. The topological polar surface area (TPSA) is 32.3 Å². The summed E-state index contributed by atoms with van der Waals surface area (Å²) < 4.78 is 0. The van der Waals surface area contributed by atoms with Crippen LogP contribution in [0.25, 0.3) is 0 Å². The molecule has 2 amide bonds. The Morgan fingerprint density at radius 2 is 1.62 bits per heavy atom. The molecule has 4 bridgehead atoms. The van der Waals surface area contributed by atoms with Crippen molar-refractivity contribution in [2.24, 2.45) is 23.7 Å². The van der Waals surface area contributed by atoms with Gasteiger partial charge >= 0.3 is 6.03 Å². The molecule has 1 aliphatic heterocycles. The second-order valence-electron chi connectivity index (χ2n) is 8.82. The minimum atomic E-state index is -0.309. The van der Waals surface area contributed by atoms with Crippen molar-refractivity contribution < 1.29 is 4.79 Å². The maximum absolute atomic E-state index is 12.8. The van der Waals surface area contributed by atoms with E-state index in [4.69, 9.17) is 11.6 Å². The molecular weight excluding hydrogens is 320 g/mol. The predicted molar refractivity (Wildman–Crippen MR) is 94.9 cm³/mol. The zero-order valence-corrected chi connectivity index (χ0v) is 14.9. The molecule has 5 fully saturated rings. The fourth-order valence-corrected chi connectivity index (χ4v) is 6.51. The first-order chi connectivity index (χ1) is 11.5. The summed E-state index contributed by atoms with van der Waals surface area (Å²) in [5.74, 6) is 3.35. The maximum Gasteiger partial charge on any atom is 0.318 e. The molecule has 128 valence electrons. The van der Waals surface area contributed by atoms with Gasteiger partial charge in [0.15, 0.2) is 0 Å². The Bertz CT molecular complexity index is 645. The van der Waals surface area contributed by atoms with Gasteiger partial charge in [-0.1, -0.05) is 23.7 Å². The van der Waals surface area contributed by atoms with Crippen LogP contribution in [0, 0.1) is 23.7 Å². The van der Waals surface area contributed by atoms with Gasteiger partial charge in [0, 0.05) is 17.6 Å². The van der Waals surface area contributed by atoms with Gasteiger partial charge in [-0.25, -0.2) is 4.79 Å². The molecule has 0 aromatic heterocycles. The highest BCUT2D eigenvalue weighted by Crippen LogP contribution is 2.55. The first kappa shape index (κ1) is 15.1. The standard InChI is InChI=1S/C20H25ClN2O/c1-20(16-2-4-17(21)5-3-16)11-23(19(24)22-20)18-14-7-12-6-13(9-14)10-15(18)8-12/h2-5,12-15,18H,6-11H2,1H3,(H,22,24). The highest BCUT2D eigenvalue weighted by molar-refractivity contribution is 6.30. The largest absolute Gasteiger partial charge is 0.327 e. The molecule has 1 aromatic carbocycles. The number of urea groups is 1. The molecule has 0 radical (unpaired) electrons. The molecule has 0 spiro atoms. The van der Waals surface area contributed by atoms with E-state index in [0.717, 1.165) is 40.8 Å². The number of halogens is 1. The van der Waals surface area contributed by atoms with Crippen molar-refractivity contribution in [3.63, 3.8) is 0 Å². The van der Waals surface area contributed by atoms with Crippen LogP contribution in [-0.4, -0.2) is 23.5 Å². The van der Waals surface area contributed by atoms with E-state index in [9.17, 15) is 4.79 Å². The molecule has 1 atom stereocenters. The number of rotatable bonds is 2. The molecule has 3 nitrogen and oxygen atoms in total. The van der Waals surface area contributed by atoms with Crippen molar-refractivity contribution in [2.75, 3.05) is 6.54 Å². The third-order valence-electron chi connectivity index (χ3n) is 7.15. The summed E-state index contributed by atoms with van der Waals surface area (Å²) in [5.41, 5.74) is 0.836. The molecule has 1 aromatic rings. The molecule has 1 heterocycles. The molecule has 4 aliphatic carbocycles. The van der Waals surface area contributed by atoms with Crippen LogP contribution in [0.3, 0.4) is 0 Å². The van der Waals surface area contributed by atoms with Crippen molar-refractivity contribution in [1.29, 1.82) is 0 Å². The summed E-state index contributed by atoms with van der Waals surface area (Å²) in [6.45, 7) is 2.92. The normalized spacial score (nSPS) is 43.3. The van der Waals surface area contributed by atoms with Crippen molar-refractivity contribution in [1.82, 2.24) is 10.2 Å². The average Bonchev–Trinajstić information content (AvgIpc) is 2.83. The summed E-state index contributed by atoms with van der Waals surface area (Å²) in [6, 6.07) is 8.52. The SMILES string of the molecule is CC1(c2ccc(Cl)cc2)CN(C2C3CC4CC(C3)CC2C4)C(=O)N1. The van der Waals surface area contributed by atoms with E-state index in [-0.39, 0.29) is 11.6 Å². The van der Waals surface area contributed by atoms with Gasteiger partial charge in [-0.05, 0) is 80.4 Å². The third-order valence-corrected chi connectivity index (χ3v) is 7.40. The van der Waals surface area contributed by atoms with Crippen LogP contribution in [0.2, 0.25) is 5.02 Å². The third kappa shape index (κ3) is 2.20. The number of benzene rings is 1. The predicted octanol–water partition coefficient (Wildman–Crippen LogP) is 4.41. The maximum atomic E-state index is 12.8. The lowest BCUT2D eigenvalue weighted by Gasteiger charge is -2.56. The number of hydrogen-bond acceptors (Lipinski definition) is 1. The van der Waals surface area contributed by atoms with E-state index >= 15 is 0 Å². The van der Waals surface area contributed by atoms with Crippen LogP contribution in [-0.2, 0) is 5.54 Å². The van der Waals surface area contributed by atoms with Crippen molar-refractivity contribution in [3.8, 4) is 0 Å². The lowest BCUT2D eigenvalue weighted by Crippen LogP contribution is -2.56. The van der Waals surface area contributed by atoms with Crippen LogP contribution in [0.5, 0.6) is 0 Å². The minimum Gasteiger partial charge on any atom is -0.327 e. The van der Waals surface area contributed by atoms with Gasteiger partial charge in [0.1, 0.15) is 0 Å². The molecule has 1 unspecified atom stereocenters. The molecule has 24 heavy (non-hydrogen) atoms. The quantitative estimate of drug-likeness (QED) is 0.847. The number of nitrogens with one attached hydrogen (secondary N) is 1. The number of amides is 2. The Balaban J connectivity index is 1.42. The van der Waals surface area contributed by atoms with Gasteiger partial charge in [-0.15, -0.1) is 0 Å². The number of carbonyl (C=O) groups is 1. The highest BCUT2D eigenvalue weighted by atomic mass is 35.5. The van der Waals surface area contributed by atoms with Crippen molar-refractivity contribution >= 4 is 17.6 Å². The molecule has 6 rings (SSSR count). The van der Waals surface area contributed by atoms with Gasteiger partial charge < -0.3 is 10.2 Å². The summed E-state index contributed by atoms with van der Waals surface area (Å²) in [4.78, 5) is 15.0. The van der Waals surface area contributed by atoms with E-state index < -0.39 is 0 Å². The van der Waals surface area contributed by atoms with Crippen LogP contribution in [0.1, 0.15) is 44.6 Å². The summed E-state index contributed by atoms with van der Waals surface area (Å²) in [7, 11) is 0. The number of hydrogen-bond donors (Lipinski definition) is 1. The molecule has 4 saturated carbocycles. The van der Waals surface area contributed by atoms with E-state index in [2.05, 4.69) is 17.1 Å². The van der Waals surface area contributed by atoms with Crippen molar-refractivity contribution in [2.45, 2.75) is 50.6 Å². The number of nitrogens with zero attached hydrogens (tertiary/aromatic N) is 1. The van der Waals surface area contributed by atoms with Crippen LogP contribution in [0.4, 0.5) is 4.79 Å². The summed E-state index contributed by atoms with van der Waals surface area (Å²) >= 11 is 6.03. The summed E-state index contributed by atoms with van der Waals surface area (Å²) in [5, 5.41) is 4.01. The van der Waals surface area contributed by atoms with Crippen molar-refractivity contribution in [3.05, 3.63) is 34.9 Å². The van der Waals surface area contributed by atoms with Crippen LogP contribution >= 0.6 is 11.6 Å². The molecule has 4 heteroatoms. The first-order valence-corrected chi connectivity index (χ1v) is 9.74. The van der Waals surface area contributed by atoms with Crippen LogP contribution in [0.15, 0.2) is 24.3 Å². The van der Waals surface area contributed by atoms with E-state index in [1.165, 1.54) is 32.1 Å². The highest BCUT2D eigenvalue weighted by Gasteiger charge is 2.54. The Kier molecular flexibility index (Phi) is 3.23.